The number of nitrogen functional groups attached to an aromatic ring is 1. The van der Waals surface area contributed by atoms with Gasteiger partial charge in [0.2, 0.25) is 0 Å². The Bertz CT molecular complexity index is 401. The molecule has 0 fully saturated rings. The summed E-state index contributed by atoms with van der Waals surface area (Å²) in [6.07, 6.45) is 0.996. The van der Waals surface area contributed by atoms with Crippen molar-refractivity contribution in [2.45, 2.75) is 12.2 Å². The first kappa shape index (κ1) is 14.7. The summed E-state index contributed by atoms with van der Waals surface area (Å²) < 4.78 is 4.96. The van der Waals surface area contributed by atoms with Crippen molar-refractivity contribution >= 4 is 23.1 Å². The van der Waals surface area contributed by atoms with E-state index >= 15 is 0 Å². The fourth-order valence-corrected chi connectivity index (χ4v) is 2.32. The van der Waals surface area contributed by atoms with E-state index in [1.807, 2.05) is 0 Å². The van der Waals surface area contributed by atoms with Gasteiger partial charge in [0.05, 0.1) is 4.92 Å². The molecule has 0 atom stereocenters. The number of nitrogens with one attached hydrogen (secondary N) is 1. The van der Waals surface area contributed by atoms with Crippen molar-refractivity contribution < 1.29 is 9.66 Å². The number of nitro benzene ring substituents is 1. The number of nitrogens with two attached hydrogens (primary N) is 1. The van der Waals surface area contributed by atoms with E-state index in [0.29, 0.717) is 5.69 Å². The molecule has 6 nitrogen and oxygen atoms in total. The number of methoxy groups -OCH3 is 1. The fraction of sp³-hybridized carbons (Fsp3) is 0.455. The molecule has 0 aliphatic rings. The van der Waals surface area contributed by atoms with Crippen LogP contribution in [0, 0.1) is 10.1 Å². The van der Waals surface area contributed by atoms with Gasteiger partial charge in [-0.1, -0.05) is 6.07 Å². The number of benzene rings is 1. The lowest BCUT2D eigenvalue weighted by molar-refractivity contribution is -0.384. The molecule has 0 amide bonds. The summed E-state index contributed by atoms with van der Waals surface area (Å²) in [5.74, 6) is 7.07. The number of thioether (sulfide) groups is 1. The Hall–Kier alpha value is -1.31. The number of rotatable bonds is 8. The van der Waals surface area contributed by atoms with E-state index in [9.17, 15) is 10.1 Å². The van der Waals surface area contributed by atoms with E-state index in [1.54, 1.807) is 31.0 Å². The molecule has 0 aliphatic carbocycles. The number of hydrogen-bond donors (Lipinski definition) is 2. The monoisotopic (exact) mass is 271 g/mol. The van der Waals surface area contributed by atoms with Crippen LogP contribution in [0.2, 0.25) is 0 Å². The van der Waals surface area contributed by atoms with Crippen LogP contribution in [0.4, 0.5) is 11.4 Å². The SMILES string of the molecule is COCCCSCc1ccc([N+](=O)[O-])c(NN)c1. The van der Waals surface area contributed by atoms with E-state index in [4.69, 9.17) is 10.6 Å². The highest BCUT2D eigenvalue weighted by Crippen LogP contribution is 2.26. The maximum atomic E-state index is 10.7. The van der Waals surface area contributed by atoms with Crippen molar-refractivity contribution in [3.8, 4) is 0 Å². The smallest absolute Gasteiger partial charge is 0.293 e. The third-order valence-electron chi connectivity index (χ3n) is 2.32. The van der Waals surface area contributed by atoms with Crippen LogP contribution in [0.25, 0.3) is 0 Å². The van der Waals surface area contributed by atoms with Crippen molar-refractivity contribution in [1.82, 2.24) is 0 Å². The predicted octanol–water partition coefficient (Wildman–Crippen LogP) is 2.15. The molecule has 0 heterocycles. The van der Waals surface area contributed by atoms with E-state index in [-0.39, 0.29) is 5.69 Å². The molecule has 18 heavy (non-hydrogen) atoms. The van der Waals surface area contributed by atoms with E-state index < -0.39 is 4.92 Å². The van der Waals surface area contributed by atoms with E-state index in [0.717, 1.165) is 30.1 Å². The molecule has 0 aromatic heterocycles. The van der Waals surface area contributed by atoms with Gasteiger partial charge < -0.3 is 10.2 Å². The molecule has 0 saturated carbocycles. The Morgan fingerprint density at radius 3 is 2.94 bits per heavy atom. The van der Waals surface area contributed by atoms with Gasteiger partial charge in [-0.25, -0.2) is 0 Å². The van der Waals surface area contributed by atoms with Crippen LogP contribution in [0.3, 0.4) is 0 Å². The lowest BCUT2D eigenvalue weighted by atomic mass is 10.2. The van der Waals surface area contributed by atoms with E-state index in [2.05, 4.69) is 5.43 Å². The second-order valence-electron chi connectivity index (χ2n) is 3.65. The number of anilines is 1. The zero-order chi connectivity index (χ0) is 13.4. The zero-order valence-corrected chi connectivity index (χ0v) is 11.0. The van der Waals surface area contributed by atoms with Crippen molar-refractivity contribution in [3.05, 3.63) is 33.9 Å². The molecule has 1 rings (SSSR count). The molecular formula is C11H17N3O3S. The van der Waals surface area contributed by atoms with Crippen LogP contribution in [0.15, 0.2) is 18.2 Å². The maximum absolute atomic E-state index is 10.7. The van der Waals surface area contributed by atoms with Gasteiger partial charge in [0.1, 0.15) is 5.69 Å². The number of hydrogen-bond acceptors (Lipinski definition) is 6. The van der Waals surface area contributed by atoms with Crippen molar-refractivity contribution in [2.24, 2.45) is 5.84 Å². The van der Waals surface area contributed by atoms with Crippen LogP contribution >= 0.6 is 11.8 Å². The topological polar surface area (TPSA) is 90.4 Å². The Balaban J connectivity index is 2.54. The molecule has 100 valence electrons. The normalized spacial score (nSPS) is 10.3. The molecule has 1 aromatic carbocycles. The Morgan fingerprint density at radius 1 is 1.56 bits per heavy atom. The first-order valence-corrected chi connectivity index (χ1v) is 6.65. The molecule has 7 heteroatoms. The standard InChI is InChI=1S/C11H17N3O3S/c1-17-5-2-6-18-8-9-3-4-11(14(15)16)10(7-9)13-12/h3-4,7,13H,2,5-6,8,12H2,1H3. The molecule has 0 spiro atoms. The molecule has 0 bridgehead atoms. The largest absolute Gasteiger partial charge is 0.385 e. The number of hydrazine groups is 1. The highest BCUT2D eigenvalue weighted by Gasteiger charge is 2.12. The molecule has 0 aliphatic heterocycles. The minimum atomic E-state index is -0.454. The summed E-state index contributed by atoms with van der Waals surface area (Å²) in [6.45, 7) is 0.753. The summed E-state index contributed by atoms with van der Waals surface area (Å²) in [5, 5.41) is 10.7. The maximum Gasteiger partial charge on any atom is 0.293 e. The van der Waals surface area contributed by atoms with Crippen LogP contribution in [0.1, 0.15) is 12.0 Å². The van der Waals surface area contributed by atoms with Gasteiger partial charge in [0.25, 0.3) is 5.69 Å². The first-order valence-electron chi connectivity index (χ1n) is 5.49. The minimum absolute atomic E-state index is 0.00867. The molecule has 0 radical (unpaired) electrons. The van der Waals surface area contributed by atoms with Crippen molar-refractivity contribution in [3.63, 3.8) is 0 Å². The zero-order valence-electron chi connectivity index (χ0n) is 10.2. The average Bonchev–Trinajstić information content (AvgIpc) is 2.38. The lowest BCUT2D eigenvalue weighted by Crippen LogP contribution is -2.09. The number of ether oxygens (including phenoxy) is 1. The first-order chi connectivity index (χ1) is 8.69. The molecular weight excluding hydrogens is 254 g/mol. The average molecular weight is 271 g/mol. The van der Waals surface area contributed by atoms with Crippen LogP contribution in [-0.4, -0.2) is 24.4 Å². The van der Waals surface area contributed by atoms with Crippen LogP contribution in [-0.2, 0) is 10.5 Å². The summed E-state index contributed by atoms with van der Waals surface area (Å²) >= 11 is 1.76. The second-order valence-corrected chi connectivity index (χ2v) is 4.76. The molecule has 3 N–H and O–H groups in total. The summed E-state index contributed by atoms with van der Waals surface area (Å²) in [7, 11) is 1.68. The molecule has 0 unspecified atom stereocenters. The number of nitrogens with zero attached hydrogens (tertiary/aromatic N) is 1. The van der Waals surface area contributed by atoms with Crippen LogP contribution < -0.4 is 11.3 Å². The predicted molar refractivity (Wildman–Crippen MR) is 73.6 cm³/mol. The second kappa shape index (κ2) is 7.91. The fourth-order valence-electron chi connectivity index (χ4n) is 1.44. The third-order valence-corrected chi connectivity index (χ3v) is 3.43. The van der Waals surface area contributed by atoms with Gasteiger partial charge in [-0.05, 0) is 23.8 Å². The summed E-state index contributed by atoms with van der Waals surface area (Å²) in [4.78, 5) is 10.3. The van der Waals surface area contributed by atoms with Gasteiger partial charge in [-0.3, -0.25) is 16.0 Å². The van der Waals surface area contributed by atoms with Gasteiger partial charge in [-0.2, -0.15) is 11.8 Å². The number of nitro groups is 1. The van der Waals surface area contributed by atoms with Crippen molar-refractivity contribution in [2.75, 3.05) is 24.9 Å². The van der Waals surface area contributed by atoms with Gasteiger partial charge in [0.15, 0.2) is 0 Å². The highest BCUT2D eigenvalue weighted by molar-refractivity contribution is 7.98. The summed E-state index contributed by atoms with van der Waals surface area (Å²) in [6, 6.07) is 4.93. The van der Waals surface area contributed by atoms with Crippen molar-refractivity contribution in [1.29, 1.82) is 0 Å². The minimum Gasteiger partial charge on any atom is -0.385 e. The highest BCUT2D eigenvalue weighted by atomic mass is 32.2. The lowest BCUT2D eigenvalue weighted by Gasteiger charge is -2.06. The Morgan fingerprint density at radius 2 is 2.33 bits per heavy atom. The van der Waals surface area contributed by atoms with Crippen LogP contribution in [0.5, 0.6) is 0 Å². The molecule has 1 aromatic rings. The third kappa shape index (κ3) is 4.52. The summed E-state index contributed by atoms with van der Waals surface area (Å²) in [5.41, 5.74) is 3.70. The van der Waals surface area contributed by atoms with Gasteiger partial charge >= 0.3 is 0 Å². The van der Waals surface area contributed by atoms with Gasteiger partial charge in [0, 0.05) is 25.5 Å². The van der Waals surface area contributed by atoms with Gasteiger partial charge in [-0.15, -0.1) is 0 Å². The Labute approximate surface area is 110 Å². The quantitative estimate of drug-likeness (QED) is 0.326. The molecule has 0 saturated heterocycles. The van der Waals surface area contributed by atoms with E-state index in [1.165, 1.54) is 6.07 Å². The Kier molecular flexibility index (Phi) is 6.48.